The Morgan fingerprint density at radius 1 is 1.00 bits per heavy atom. The number of likely N-dealkylation sites (N-methyl/N-ethyl adjacent to an activating group) is 1. The topological polar surface area (TPSA) is 6.48 Å². The molecule has 0 saturated heterocycles. The quantitative estimate of drug-likeness (QED) is 0.444. The second-order valence-corrected chi connectivity index (χ2v) is 9.80. The van der Waals surface area contributed by atoms with Crippen LogP contribution in [0, 0.1) is 5.92 Å². The molecule has 0 N–H and O–H groups in total. The van der Waals surface area contributed by atoms with Crippen molar-refractivity contribution in [1.82, 2.24) is 9.80 Å². The van der Waals surface area contributed by atoms with Crippen molar-refractivity contribution < 1.29 is 0 Å². The standard InChI is InChI=1S/C27H39ClN2/c1-5-6-12-23-21-27(29(2)3,24-13-15-25(28)16-14-24)19-17-26(23)30(4)20-18-22-10-8-7-9-11-22/h7-11,13-16,23,26H,5-6,12,17-21H2,1-4H3. The van der Waals surface area contributed by atoms with Gasteiger partial charge in [0.25, 0.3) is 0 Å². The van der Waals surface area contributed by atoms with Crippen molar-refractivity contribution in [1.29, 1.82) is 0 Å². The summed E-state index contributed by atoms with van der Waals surface area (Å²) < 4.78 is 0. The van der Waals surface area contributed by atoms with Crippen LogP contribution in [0.3, 0.4) is 0 Å². The van der Waals surface area contributed by atoms with Crippen molar-refractivity contribution in [3.05, 3.63) is 70.7 Å². The molecule has 0 aliphatic heterocycles. The normalized spacial score (nSPS) is 24.5. The van der Waals surface area contributed by atoms with Crippen LogP contribution in [0.25, 0.3) is 0 Å². The minimum absolute atomic E-state index is 0.111. The first-order valence-corrected chi connectivity index (χ1v) is 12.0. The van der Waals surface area contributed by atoms with Crippen LogP contribution < -0.4 is 0 Å². The lowest BCUT2D eigenvalue weighted by Crippen LogP contribution is -2.52. The van der Waals surface area contributed by atoms with Gasteiger partial charge in [0.05, 0.1) is 0 Å². The molecule has 2 nitrogen and oxygen atoms in total. The van der Waals surface area contributed by atoms with E-state index in [9.17, 15) is 0 Å². The van der Waals surface area contributed by atoms with Gasteiger partial charge in [0, 0.05) is 23.1 Å². The van der Waals surface area contributed by atoms with Gasteiger partial charge in [-0.1, -0.05) is 73.8 Å². The zero-order valence-corrected chi connectivity index (χ0v) is 20.0. The maximum absolute atomic E-state index is 6.20. The van der Waals surface area contributed by atoms with E-state index in [2.05, 4.69) is 92.5 Å². The number of unbranched alkanes of at least 4 members (excludes halogenated alkanes) is 1. The smallest absolute Gasteiger partial charge is 0.0458 e. The molecule has 2 aromatic carbocycles. The highest BCUT2D eigenvalue weighted by molar-refractivity contribution is 6.30. The fourth-order valence-electron chi connectivity index (χ4n) is 5.44. The van der Waals surface area contributed by atoms with Gasteiger partial charge in [-0.2, -0.15) is 0 Å². The summed E-state index contributed by atoms with van der Waals surface area (Å²) in [4.78, 5) is 5.12. The molecule has 1 saturated carbocycles. The van der Waals surface area contributed by atoms with Gasteiger partial charge in [-0.3, -0.25) is 4.90 Å². The van der Waals surface area contributed by atoms with Crippen molar-refractivity contribution >= 4 is 11.6 Å². The van der Waals surface area contributed by atoms with Crippen molar-refractivity contribution in [2.75, 3.05) is 27.7 Å². The predicted octanol–water partition coefficient (Wildman–Crippen LogP) is 6.63. The van der Waals surface area contributed by atoms with Crippen LogP contribution in [0.5, 0.6) is 0 Å². The Bertz CT molecular complexity index is 758. The summed E-state index contributed by atoms with van der Waals surface area (Å²) in [6.45, 7) is 3.45. The predicted molar refractivity (Wildman–Crippen MR) is 130 cm³/mol. The molecule has 3 unspecified atom stereocenters. The average Bonchev–Trinajstić information content (AvgIpc) is 2.77. The summed E-state index contributed by atoms with van der Waals surface area (Å²) in [5, 5.41) is 0.824. The molecule has 3 heteroatoms. The summed E-state index contributed by atoms with van der Waals surface area (Å²) in [5.74, 6) is 0.720. The van der Waals surface area contributed by atoms with E-state index >= 15 is 0 Å². The van der Waals surface area contributed by atoms with Gasteiger partial charge >= 0.3 is 0 Å². The van der Waals surface area contributed by atoms with E-state index in [4.69, 9.17) is 11.6 Å². The first kappa shape index (κ1) is 23.3. The first-order valence-electron chi connectivity index (χ1n) is 11.6. The molecule has 164 valence electrons. The van der Waals surface area contributed by atoms with Crippen molar-refractivity contribution in [3.63, 3.8) is 0 Å². The van der Waals surface area contributed by atoms with Crippen LogP contribution in [0.4, 0.5) is 0 Å². The largest absolute Gasteiger partial charge is 0.303 e. The van der Waals surface area contributed by atoms with Crippen LogP contribution in [0.2, 0.25) is 5.02 Å². The van der Waals surface area contributed by atoms with Gasteiger partial charge in [-0.05, 0) is 82.4 Å². The van der Waals surface area contributed by atoms with Crippen LogP contribution in [0.1, 0.15) is 56.6 Å². The van der Waals surface area contributed by atoms with Crippen LogP contribution >= 0.6 is 11.6 Å². The van der Waals surface area contributed by atoms with E-state index in [0.717, 1.165) is 23.9 Å². The molecular formula is C27H39ClN2. The summed E-state index contributed by atoms with van der Waals surface area (Å²) in [6, 6.07) is 20.2. The third kappa shape index (κ3) is 5.46. The van der Waals surface area contributed by atoms with Crippen LogP contribution in [-0.4, -0.2) is 43.5 Å². The molecule has 0 aromatic heterocycles. The van der Waals surface area contributed by atoms with Crippen LogP contribution in [0.15, 0.2) is 54.6 Å². The Morgan fingerprint density at radius 2 is 1.70 bits per heavy atom. The summed E-state index contributed by atoms with van der Waals surface area (Å²) in [7, 11) is 6.85. The lowest BCUT2D eigenvalue weighted by molar-refractivity contribution is 0.0126. The molecule has 0 bridgehead atoms. The Labute approximate surface area is 189 Å². The minimum atomic E-state index is 0.111. The minimum Gasteiger partial charge on any atom is -0.303 e. The molecule has 3 atom stereocenters. The molecule has 1 fully saturated rings. The highest BCUT2D eigenvalue weighted by Crippen LogP contribution is 2.46. The summed E-state index contributed by atoms with van der Waals surface area (Å²) in [6.07, 6.45) is 8.71. The van der Waals surface area contributed by atoms with Gasteiger partial charge in [0.15, 0.2) is 0 Å². The average molecular weight is 427 g/mol. The van der Waals surface area contributed by atoms with E-state index in [0.29, 0.717) is 6.04 Å². The fourth-order valence-corrected chi connectivity index (χ4v) is 5.56. The van der Waals surface area contributed by atoms with Gasteiger partial charge in [0.2, 0.25) is 0 Å². The van der Waals surface area contributed by atoms with E-state index < -0.39 is 0 Å². The second kappa shape index (κ2) is 10.8. The molecule has 0 heterocycles. The molecule has 2 aromatic rings. The number of rotatable bonds is 9. The third-order valence-electron chi connectivity index (χ3n) is 7.33. The van der Waals surface area contributed by atoms with E-state index in [-0.39, 0.29) is 5.54 Å². The Balaban J connectivity index is 1.77. The summed E-state index contributed by atoms with van der Waals surface area (Å²) >= 11 is 6.20. The second-order valence-electron chi connectivity index (χ2n) is 9.36. The van der Waals surface area contributed by atoms with Gasteiger partial charge in [-0.15, -0.1) is 0 Å². The van der Waals surface area contributed by atoms with Crippen LogP contribution in [-0.2, 0) is 12.0 Å². The fraction of sp³-hybridized carbons (Fsp3) is 0.556. The zero-order valence-electron chi connectivity index (χ0n) is 19.3. The highest BCUT2D eigenvalue weighted by atomic mass is 35.5. The molecule has 0 radical (unpaired) electrons. The number of benzene rings is 2. The van der Waals surface area contributed by atoms with Crippen molar-refractivity contribution in [3.8, 4) is 0 Å². The zero-order chi connectivity index (χ0) is 21.6. The van der Waals surface area contributed by atoms with Crippen molar-refractivity contribution in [2.24, 2.45) is 5.92 Å². The highest BCUT2D eigenvalue weighted by Gasteiger charge is 2.44. The monoisotopic (exact) mass is 426 g/mol. The number of halogens is 1. The number of nitrogens with zero attached hydrogens (tertiary/aromatic N) is 2. The molecular weight excluding hydrogens is 388 g/mol. The lowest BCUT2D eigenvalue weighted by atomic mass is 9.67. The lowest BCUT2D eigenvalue weighted by Gasteiger charge is -2.51. The molecule has 1 aliphatic carbocycles. The van der Waals surface area contributed by atoms with Gasteiger partial charge in [-0.25, -0.2) is 0 Å². The van der Waals surface area contributed by atoms with E-state index in [1.165, 1.54) is 49.7 Å². The number of hydrogen-bond acceptors (Lipinski definition) is 2. The third-order valence-corrected chi connectivity index (χ3v) is 7.58. The Morgan fingerprint density at radius 3 is 2.33 bits per heavy atom. The van der Waals surface area contributed by atoms with E-state index in [1.807, 2.05) is 0 Å². The van der Waals surface area contributed by atoms with Crippen molar-refractivity contribution in [2.45, 2.75) is 63.5 Å². The summed E-state index contributed by atoms with van der Waals surface area (Å²) in [5.41, 5.74) is 2.97. The van der Waals surface area contributed by atoms with E-state index in [1.54, 1.807) is 0 Å². The molecule has 0 spiro atoms. The Hall–Kier alpha value is -1.35. The molecule has 30 heavy (non-hydrogen) atoms. The maximum atomic E-state index is 6.20. The molecule has 0 amide bonds. The molecule has 1 aliphatic rings. The first-order chi connectivity index (χ1) is 14.5. The Kier molecular flexibility index (Phi) is 8.39. The SMILES string of the molecule is CCCCC1CC(c2ccc(Cl)cc2)(N(C)C)CCC1N(C)CCc1ccccc1. The van der Waals surface area contributed by atoms with Gasteiger partial charge in [0.1, 0.15) is 0 Å². The maximum Gasteiger partial charge on any atom is 0.0458 e. The molecule has 3 rings (SSSR count). The number of hydrogen-bond donors (Lipinski definition) is 0. The van der Waals surface area contributed by atoms with Gasteiger partial charge < -0.3 is 4.90 Å².